The number of unbranched alkanes of at least 4 members (excludes halogenated alkanes) is 12. The van der Waals surface area contributed by atoms with Crippen LogP contribution in [0.25, 0.3) is 0 Å². The summed E-state index contributed by atoms with van der Waals surface area (Å²) in [6.07, 6.45) is 23.2. The van der Waals surface area contributed by atoms with Crippen molar-refractivity contribution < 1.29 is 23.6 Å². The zero-order chi connectivity index (χ0) is 25.8. The van der Waals surface area contributed by atoms with E-state index in [0.717, 1.165) is 51.0 Å². The number of aryl methyl sites for hydroxylation is 1. The van der Waals surface area contributed by atoms with E-state index in [-0.39, 0.29) is 12.3 Å². The highest BCUT2D eigenvalue weighted by atomic mass is 16.7. The molecule has 1 fully saturated rings. The van der Waals surface area contributed by atoms with Gasteiger partial charge in [-0.15, -0.1) is 0 Å². The standard InChI is InChI=1S/C31H52NO4/c1-4-5-6-7-8-9-10-11-12-15-18-28-25-35-31(36-26-28)29-19-22-32(23-20-29)21-16-13-14-17-24-34-30(33)27(2)3/h19-20,22-23,28,31H,2,4-18,21,24-26H2,1,3H3/q+1. The molecule has 1 aromatic rings. The van der Waals surface area contributed by atoms with Crippen LogP contribution in [-0.4, -0.2) is 25.8 Å². The lowest BCUT2D eigenvalue weighted by atomic mass is 10.0. The van der Waals surface area contributed by atoms with Crippen LogP contribution in [0.4, 0.5) is 0 Å². The van der Waals surface area contributed by atoms with E-state index in [0.29, 0.717) is 18.1 Å². The fourth-order valence-corrected chi connectivity index (χ4v) is 4.64. The minimum atomic E-state index is -0.291. The van der Waals surface area contributed by atoms with Gasteiger partial charge in [0.1, 0.15) is 6.54 Å². The molecule has 0 unspecified atom stereocenters. The molecule has 2 heterocycles. The van der Waals surface area contributed by atoms with Crippen molar-refractivity contribution in [2.45, 2.75) is 123 Å². The summed E-state index contributed by atoms with van der Waals surface area (Å²) in [5, 5.41) is 0. The lowest BCUT2D eigenvalue weighted by Gasteiger charge is -2.29. The van der Waals surface area contributed by atoms with Crippen LogP contribution in [-0.2, 0) is 25.5 Å². The summed E-state index contributed by atoms with van der Waals surface area (Å²) in [5.41, 5.74) is 1.56. The van der Waals surface area contributed by atoms with Crippen LogP contribution in [0, 0.1) is 5.92 Å². The number of rotatable bonds is 20. The zero-order valence-corrected chi connectivity index (χ0v) is 23.2. The van der Waals surface area contributed by atoms with E-state index in [1.54, 1.807) is 6.92 Å². The fraction of sp³-hybridized carbons (Fsp3) is 0.742. The number of hydrogen-bond donors (Lipinski definition) is 0. The molecule has 1 aromatic heterocycles. The highest BCUT2D eigenvalue weighted by molar-refractivity contribution is 5.86. The van der Waals surface area contributed by atoms with Crippen molar-refractivity contribution in [2.24, 2.45) is 5.92 Å². The number of aromatic nitrogens is 1. The first-order valence-electron chi connectivity index (χ1n) is 14.6. The van der Waals surface area contributed by atoms with Gasteiger partial charge >= 0.3 is 5.97 Å². The fourth-order valence-electron chi connectivity index (χ4n) is 4.64. The van der Waals surface area contributed by atoms with E-state index in [4.69, 9.17) is 14.2 Å². The van der Waals surface area contributed by atoms with Gasteiger partial charge < -0.3 is 14.2 Å². The number of carbonyl (C=O) groups is 1. The Bertz CT molecular complexity index is 710. The summed E-state index contributed by atoms with van der Waals surface area (Å²) in [6, 6.07) is 4.23. The van der Waals surface area contributed by atoms with E-state index < -0.39 is 0 Å². The highest BCUT2D eigenvalue weighted by Crippen LogP contribution is 2.27. The van der Waals surface area contributed by atoms with Crippen LogP contribution in [0.2, 0.25) is 0 Å². The minimum absolute atomic E-state index is 0.231. The predicted molar refractivity (Wildman–Crippen MR) is 145 cm³/mol. The molecule has 0 N–H and O–H groups in total. The zero-order valence-electron chi connectivity index (χ0n) is 23.2. The van der Waals surface area contributed by atoms with Gasteiger partial charge in [-0.2, -0.15) is 0 Å². The average Bonchev–Trinajstić information content (AvgIpc) is 2.89. The number of pyridine rings is 1. The SMILES string of the molecule is C=C(C)C(=O)OCCCCCC[n+]1ccc(C2OCC(CCCCCCCCCCCC)CO2)cc1. The molecule has 204 valence electrons. The molecule has 1 aliphatic rings. The van der Waals surface area contributed by atoms with Crippen molar-refractivity contribution in [1.29, 1.82) is 0 Å². The van der Waals surface area contributed by atoms with Crippen molar-refractivity contribution in [3.8, 4) is 0 Å². The highest BCUT2D eigenvalue weighted by Gasteiger charge is 2.23. The predicted octanol–water partition coefficient (Wildman–Crippen LogP) is 7.63. The number of ether oxygens (including phenoxy) is 3. The Morgan fingerprint density at radius 2 is 1.44 bits per heavy atom. The van der Waals surface area contributed by atoms with Gasteiger partial charge in [0, 0.05) is 35.6 Å². The molecule has 0 radical (unpaired) electrons. The second-order valence-electron chi connectivity index (χ2n) is 10.5. The molecular weight excluding hydrogens is 450 g/mol. The first kappa shape index (κ1) is 30.5. The summed E-state index contributed by atoms with van der Waals surface area (Å²) >= 11 is 0. The summed E-state index contributed by atoms with van der Waals surface area (Å²) in [7, 11) is 0. The third-order valence-corrected chi connectivity index (χ3v) is 7.01. The van der Waals surface area contributed by atoms with Crippen LogP contribution in [0.15, 0.2) is 36.7 Å². The molecule has 0 atom stereocenters. The van der Waals surface area contributed by atoms with Gasteiger partial charge in [-0.1, -0.05) is 77.7 Å². The molecule has 0 amide bonds. The molecule has 0 saturated carbocycles. The Balaban J connectivity index is 1.48. The van der Waals surface area contributed by atoms with Crippen molar-refractivity contribution in [1.82, 2.24) is 0 Å². The van der Waals surface area contributed by atoms with Crippen LogP contribution in [0.3, 0.4) is 0 Å². The van der Waals surface area contributed by atoms with Crippen molar-refractivity contribution in [3.05, 3.63) is 42.2 Å². The molecule has 0 bridgehead atoms. The van der Waals surface area contributed by atoms with Crippen molar-refractivity contribution in [3.63, 3.8) is 0 Å². The van der Waals surface area contributed by atoms with Crippen LogP contribution < -0.4 is 4.57 Å². The van der Waals surface area contributed by atoms with Crippen LogP contribution in [0.5, 0.6) is 0 Å². The Kier molecular flexibility index (Phi) is 16.4. The molecule has 5 nitrogen and oxygen atoms in total. The number of nitrogens with zero attached hydrogens (tertiary/aromatic N) is 1. The van der Waals surface area contributed by atoms with E-state index in [1.165, 1.54) is 70.6 Å². The Morgan fingerprint density at radius 3 is 2.06 bits per heavy atom. The number of hydrogen-bond acceptors (Lipinski definition) is 4. The van der Waals surface area contributed by atoms with Crippen molar-refractivity contribution >= 4 is 5.97 Å². The number of carbonyl (C=O) groups excluding carboxylic acids is 1. The molecule has 2 rings (SSSR count). The van der Waals surface area contributed by atoms with Crippen LogP contribution >= 0.6 is 0 Å². The Labute approximate surface area is 220 Å². The van der Waals surface area contributed by atoms with Gasteiger partial charge in [-0.05, 0) is 32.6 Å². The molecule has 1 saturated heterocycles. The third-order valence-electron chi connectivity index (χ3n) is 7.01. The maximum Gasteiger partial charge on any atom is 0.333 e. The van der Waals surface area contributed by atoms with Gasteiger partial charge in [0.05, 0.1) is 19.8 Å². The first-order chi connectivity index (χ1) is 17.6. The minimum Gasteiger partial charge on any atom is -0.462 e. The molecular formula is C31H52NO4+. The molecule has 1 aliphatic heterocycles. The summed E-state index contributed by atoms with van der Waals surface area (Å²) in [5.74, 6) is 0.245. The van der Waals surface area contributed by atoms with Crippen LogP contribution in [0.1, 0.15) is 122 Å². The second kappa shape index (κ2) is 19.4. The van der Waals surface area contributed by atoms with Gasteiger partial charge in [0.15, 0.2) is 18.7 Å². The molecule has 0 aromatic carbocycles. The van der Waals surface area contributed by atoms with E-state index in [1.807, 2.05) is 0 Å². The van der Waals surface area contributed by atoms with Gasteiger partial charge in [0.25, 0.3) is 0 Å². The molecule has 5 heteroatoms. The topological polar surface area (TPSA) is 48.6 Å². The van der Waals surface area contributed by atoms with Gasteiger partial charge in [-0.25, -0.2) is 9.36 Å². The molecule has 36 heavy (non-hydrogen) atoms. The average molecular weight is 503 g/mol. The van der Waals surface area contributed by atoms with E-state index >= 15 is 0 Å². The van der Waals surface area contributed by atoms with E-state index in [2.05, 4.69) is 42.6 Å². The maximum absolute atomic E-state index is 11.3. The Morgan fingerprint density at radius 1 is 0.889 bits per heavy atom. The normalized spacial score (nSPS) is 17.7. The van der Waals surface area contributed by atoms with Gasteiger partial charge in [-0.3, -0.25) is 0 Å². The third kappa shape index (κ3) is 13.5. The lowest BCUT2D eigenvalue weighted by Crippen LogP contribution is -2.33. The maximum atomic E-state index is 11.3. The van der Waals surface area contributed by atoms with E-state index in [9.17, 15) is 4.79 Å². The lowest BCUT2D eigenvalue weighted by molar-refractivity contribution is -0.697. The summed E-state index contributed by atoms with van der Waals surface area (Å²) in [4.78, 5) is 11.3. The smallest absolute Gasteiger partial charge is 0.333 e. The first-order valence-corrected chi connectivity index (χ1v) is 14.6. The van der Waals surface area contributed by atoms with Crippen molar-refractivity contribution in [2.75, 3.05) is 19.8 Å². The molecule has 0 aliphatic carbocycles. The summed E-state index contributed by atoms with van der Waals surface area (Å²) < 4.78 is 19.4. The number of esters is 1. The summed E-state index contributed by atoms with van der Waals surface area (Å²) in [6.45, 7) is 10.6. The van der Waals surface area contributed by atoms with Gasteiger partial charge in [0.2, 0.25) is 0 Å². The second-order valence-corrected chi connectivity index (χ2v) is 10.5. The monoisotopic (exact) mass is 502 g/mol. The quantitative estimate of drug-likeness (QED) is 0.0796. The largest absolute Gasteiger partial charge is 0.462 e. The molecule has 0 spiro atoms. The Hall–Kier alpha value is -1.72.